The molecule has 0 radical (unpaired) electrons. The highest BCUT2D eigenvalue weighted by Gasteiger charge is 2.49. The van der Waals surface area contributed by atoms with Gasteiger partial charge in [-0.1, -0.05) is 30.3 Å². The van der Waals surface area contributed by atoms with Gasteiger partial charge in [0.15, 0.2) is 9.84 Å². The predicted molar refractivity (Wildman–Crippen MR) is 139 cm³/mol. The number of nitrogens with zero attached hydrogens (tertiary/aromatic N) is 1. The number of thioether (sulfide) groups is 1. The molecule has 0 spiro atoms. The van der Waals surface area contributed by atoms with Gasteiger partial charge >= 0.3 is 0 Å². The fraction of sp³-hybridized carbons (Fsp3) is 0.280. The van der Waals surface area contributed by atoms with E-state index in [0.717, 1.165) is 15.3 Å². The van der Waals surface area contributed by atoms with Crippen LogP contribution in [0.5, 0.6) is 0 Å². The maximum atomic E-state index is 13.7. The summed E-state index contributed by atoms with van der Waals surface area (Å²) in [5, 5.41) is 9.23. The number of carbonyl (C=O) groups excluding carboxylic acids is 2. The Morgan fingerprint density at radius 2 is 1.77 bits per heavy atom. The lowest BCUT2D eigenvalue weighted by atomic mass is 9.97. The summed E-state index contributed by atoms with van der Waals surface area (Å²) in [6.45, 7) is 0.203. The van der Waals surface area contributed by atoms with Crippen LogP contribution >= 0.6 is 23.1 Å². The molecule has 2 amide bonds. The minimum atomic E-state index is -3.87. The van der Waals surface area contributed by atoms with Crippen molar-refractivity contribution in [2.24, 2.45) is 0 Å². The largest absolute Gasteiger partial charge is 0.338 e. The van der Waals surface area contributed by atoms with E-state index in [4.69, 9.17) is 0 Å². The summed E-state index contributed by atoms with van der Waals surface area (Å²) < 4.78 is 25.9. The van der Waals surface area contributed by atoms with E-state index >= 15 is 0 Å². The Bertz CT molecular complexity index is 1310. The lowest BCUT2D eigenvalue weighted by Crippen LogP contribution is -2.41. The van der Waals surface area contributed by atoms with E-state index < -0.39 is 26.9 Å². The number of amides is 2. The Kier molecular flexibility index (Phi) is 7.65. The number of thiophene rings is 1. The zero-order valence-electron chi connectivity index (χ0n) is 19.1. The molecule has 1 atom stereocenters. The molecular weight excluding hydrogens is 504 g/mol. The number of hydroxylamine groups is 1. The van der Waals surface area contributed by atoms with E-state index in [0.29, 0.717) is 10.4 Å². The van der Waals surface area contributed by atoms with Crippen LogP contribution in [-0.4, -0.2) is 55.4 Å². The molecule has 1 aliphatic rings. The van der Waals surface area contributed by atoms with Crippen molar-refractivity contribution in [1.82, 2.24) is 10.4 Å². The third-order valence-electron chi connectivity index (χ3n) is 6.32. The molecule has 3 aromatic rings. The number of hydrogen-bond donors (Lipinski definition) is 2. The van der Waals surface area contributed by atoms with E-state index in [1.54, 1.807) is 47.6 Å². The van der Waals surface area contributed by atoms with Gasteiger partial charge in [-0.2, -0.15) is 0 Å². The molecule has 1 saturated heterocycles. The molecule has 7 nitrogen and oxygen atoms in total. The summed E-state index contributed by atoms with van der Waals surface area (Å²) in [7, 11) is -3.87. The van der Waals surface area contributed by atoms with Gasteiger partial charge in [0.1, 0.15) is 4.75 Å². The van der Waals surface area contributed by atoms with E-state index in [2.05, 4.69) is 0 Å². The van der Waals surface area contributed by atoms with Crippen molar-refractivity contribution in [3.63, 3.8) is 0 Å². The van der Waals surface area contributed by atoms with E-state index in [1.165, 1.54) is 16.2 Å². The second-order valence-corrected chi connectivity index (χ2v) is 12.7. The molecule has 1 aliphatic heterocycles. The number of benzene rings is 2. The standard InChI is InChI=1S/C25H26N2O5S3/c1-33-20-9-7-18(8-10-20)21-11-12-22(34-21)25(17-23(28)26-30)13-14-27(15-16-35(25,31)32)24(29)19-5-3-2-4-6-19/h2-12,30H,13-17H2,1H3,(H,26,28)/t25-/m0/s1. The summed E-state index contributed by atoms with van der Waals surface area (Å²) in [4.78, 5) is 29.4. The van der Waals surface area contributed by atoms with Gasteiger partial charge < -0.3 is 4.90 Å². The average molecular weight is 531 g/mol. The lowest BCUT2D eigenvalue weighted by molar-refractivity contribution is -0.129. The van der Waals surface area contributed by atoms with Crippen LogP contribution in [0, 0.1) is 0 Å². The first-order chi connectivity index (χ1) is 16.8. The molecule has 2 heterocycles. The number of nitrogens with one attached hydrogen (secondary N) is 1. The molecule has 2 aromatic carbocycles. The molecule has 0 saturated carbocycles. The summed E-state index contributed by atoms with van der Waals surface area (Å²) in [5.74, 6) is -1.31. The van der Waals surface area contributed by atoms with Gasteiger partial charge in [0.25, 0.3) is 5.91 Å². The molecule has 0 bridgehead atoms. The van der Waals surface area contributed by atoms with Crippen LogP contribution in [0.25, 0.3) is 10.4 Å². The first kappa shape index (κ1) is 25.4. The van der Waals surface area contributed by atoms with Crippen molar-refractivity contribution >= 4 is 44.8 Å². The molecule has 0 unspecified atom stereocenters. The smallest absolute Gasteiger partial charge is 0.253 e. The van der Waals surface area contributed by atoms with Crippen LogP contribution in [0.3, 0.4) is 0 Å². The first-order valence-corrected chi connectivity index (χ1v) is 14.7. The highest BCUT2D eigenvalue weighted by atomic mass is 32.2. The molecule has 1 fully saturated rings. The molecule has 184 valence electrons. The molecule has 10 heteroatoms. The topological polar surface area (TPSA) is 104 Å². The molecule has 2 N–H and O–H groups in total. The second-order valence-electron chi connectivity index (χ2n) is 8.33. The van der Waals surface area contributed by atoms with Crippen molar-refractivity contribution in [2.75, 3.05) is 25.1 Å². The number of carbonyl (C=O) groups is 2. The van der Waals surface area contributed by atoms with Gasteiger partial charge in [0.05, 0.1) is 12.2 Å². The lowest BCUT2D eigenvalue weighted by Gasteiger charge is -2.30. The third-order valence-corrected chi connectivity index (χ3v) is 11.0. The zero-order valence-corrected chi connectivity index (χ0v) is 21.6. The summed E-state index contributed by atoms with van der Waals surface area (Å²) in [6.07, 6.45) is 1.62. The van der Waals surface area contributed by atoms with E-state index in [9.17, 15) is 23.2 Å². The van der Waals surface area contributed by atoms with Gasteiger partial charge in [-0.15, -0.1) is 23.1 Å². The Balaban J connectivity index is 1.71. The SMILES string of the molecule is CSc1ccc(-c2ccc([C@@]3(CC(=O)NO)CCN(C(=O)c4ccccc4)CCS3(=O)=O)s2)cc1. The number of sulfone groups is 1. The van der Waals surface area contributed by atoms with Gasteiger partial charge in [0.2, 0.25) is 5.91 Å². The monoisotopic (exact) mass is 530 g/mol. The quantitative estimate of drug-likeness (QED) is 0.281. The van der Waals surface area contributed by atoms with Crippen LogP contribution in [0.2, 0.25) is 0 Å². The Hall–Kier alpha value is -2.66. The van der Waals surface area contributed by atoms with Crippen molar-refractivity contribution in [2.45, 2.75) is 22.5 Å². The first-order valence-electron chi connectivity index (χ1n) is 11.0. The molecular formula is C25H26N2O5S3. The zero-order chi connectivity index (χ0) is 25.1. The Labute approximate surface area is 213 Å². The maximum Gasteiger partial charge on any atom is 0.253 e. The van der Waals surface area contributed by atoms with Crippen molar-refractivity contribution in [1.29, 1.82) is 0 Å². The normalized spacial score (nSPS) is 19.7. The summed E-state index contributed by atoms with van der Waals surface area (Å²) in [5.41, 5.74) is 3.03. The van der Waals surface area contributed by atoms with Crippen molar-refractivity contribution in [3.8, 4) is 10.4 Å². The second kappa shape index (κ2) is 10.5. The summed E-state index contributed by atoms with van der Waals surface area (Å²) in [6, 6.07) is 20.3. The van der Waals surface area contributed by atoms with Gasteiger partial charge in [-0.3, -0.25) is 14.8 Å². The molecule has 1 aromatic heterocycles. The fourth-order valence-corrected chi connectivity index (χ4v) is 8.35. The number of rotatable bonds is 6. The number of hydrogen-bond acceptors (Lipinski definition) is 7. The summed E-state index contributed by atoms with van der Waals surface area (Å²) >= 11 is 2.96. The van der Waals surface area contributed by atoms with Crippen molar-refractivity contribution < 1.29 is 23.2 Å². The highest BCUT2D eigenvalue weighted by molar-refractivity contribution is 7.98. The molecule has 0 aliphatic carbocycles. The highest BCUT2D eigenvalue weighted by Crippen LogP contribution is 2.45. The van der Waals surface area contributed by atoms with Gasteiger partial charge in [-0.05, 0) is 54.6 Å². The molecule has 35 heavy (non-hydrogen) atoms. The van der Waals surface area contributed by atoms with Crippen LogP contribution in [0.4, 0.5) is 0 Å². The van der Waals surface area contributed by atoms with Crippen LogP contribution < -0.4 is 5.48 Å². The van der Waals surface area contributed by atoms with Gasteiger partial charge in [-0.25, -0.2) is 13.9 Å². The van der Waals surface area contributed by atoms with E-state index in [-0.39, 0.29) is 31.2 Å². The molecule has 4 rings (SSSR count). The third kappa shape index (κ3) is 5.16. The van der Waals surface area contributed by atoms with Crippen molar-refractivity contribution in [3.05, 3.63) is 77.2 Å². The average Bonchev–Trinajstić information content (AvgIpc) is 3.34. The van der Waals surface area contributed by atoms with Gasteiger partial charge in [0, 0.05) is 33.3 Å². The maximum absolute atomic E-state index is 13.7. The van der Waals surface area contributed by atoms with Crippen LogP contribution in [0.15, 0.2) is 71.6 Å². The minimum Gasteiger partial charge on any atom is -0.338 e. The minimum absolute atomic E-state index is 0.0347. The Morgan fingerprint density at radius 3 is 2.43 bits per heavy atom. The Morgan fingerprint density at radius 1 is 1.06 bits per heavy atom. The van der Waals surface area contributed by atoms with Crippen LogP contribution in [-0.2, 0) is 19.4 Å². The van der Waals surface area contributed by atoms with Crippen LogP contribution in [0.1, 0.15) is 28.1 Å². The fourth-order valence-electron chi connectivity index (χ4n) is 4.33. The van der Waals surface area contributed by atoms with E-state index in [1.807, 2.05) is 42.7 Å². The predicted octanol–water partition coefficient (Wildman–Crippen LogP) is 4.19.